The van der Waals surface area contributed by atoms with Crippen LogP contribution < -0.4 is 4.74 Å². The number of hydrogen-bond donors (Lipinski definition) is 1. The van der Waals surface area contributed by atoms with Gasteiger partial charge in [-0.15, -0.1) is 0 Å². The zero-order valence-corrected chi connectivity index (χ0v) is 11.0. The number of ether oxygens (including phenoxy) is 1. The van der Waals surface area contributed by atoms with Gasteiger partial charge in [0.1, 0.15) is 5.75 Å². The molecule has 3 nitrogen and oxygen atoms in total. The van der Waals surface area contributed by atoms with E-state index in [1.165, 1.54) is 0 Å². The molecule has 0 atom stereocenters. The van der Waals surface area contributed by atoms with Crippen molar-refractivity contribution in [3.8, 4) is 5.75 Å². The van der Waals surface area contributed by atoms with Crippen molar-refractivity contribution >= 4 is 23.6 Å². The fraction of sp³-hybridized carbons (Fsp3) is 0.462. The summed E-state index contributed by atoms with van der Waals surface area (Å²) in [5.74, 6) is 2.15. The smallest absolute Gasteiger partial charge is 0.167 e. The monoisotopic (exact) mass is 251 g/mol. The van der Waals surface area contributed by atoms with Crippen molar-refractivity contribution in [3.05, 3.63) is 23.9 Å². The standard InChI is InChI=1S/C13H17NO2S/c1-9(2)8-15-10-3-4-13-11(7-10)12(5-6-17)14-16-13/h3-4,7,9,17H,5-6,8H2,1-2H3. The highest BCUT2D eigenvalue weighted by molar-refractivity contribution is 7.80. The Morgan fingerprint density at radius 1 is 1.41 bits per heavy atom. The number of rotatable bonds is 5. The van der Waals surface area contributed by atoms with Crippen molar-refractivity contribution < 1.29 is 9.26 Å². The lowest BCUT2D eigenvalue weighted by molar-refractivity contribution is 0.271. The Balaban J connectivity index is 2.24. The van der Waals surface area contributed by atoms with E-state index in [0.717, 1.165) is 41.2 Å². The summed E-state index contributed by atoms with van der Waals surface area (Å²) in [4.78, 5) is 0. The second kappa shape index (κ2) is 5.45. The first-order valence-electron chi connectivity index (χ1n) is 5.82. The number of aromatic nitrogens is 1. The number of fused-ring (bicyclic) bond motifs is 1. The van der Waals surface area contributed by atoms with Gasteiger partial charge in [-0.3, -0.25) is 0 Å². The molecular formula is C13H17NO2S. The Hall–Kier alpha value is -1.16. The Kier molecular flexibility index (Phi) is 3.94. The van der Waals surface area contributed by atoms with Gasteiger partial charge >= 0.3 is 0 Å². The van der Waals surface area contributed by atoms with E-state index in [-0.39, 0.29) is 0 Å². The van der Waals surface area contributed by atoms with E-state index in [1.807, 2.05) is 18.2 Å². The highest BCUT2D eigenvalue weighted by Gasteiger charge is 2.08. The quantitative estimate of drug-likeness (QED) is 0.828. The molecule has 0 aliphatic rings. The first kappa shape index (κ1) is 12.3. The molecule has 0 radical (unpaired) electrons. The van der Waals surface area contributed by atoms with Crippen molar-refractivity contribution in [2.75, 3.05) is 12.4 Å². The lowest BCUT2D eigenvalue weighted by atomic mass is 10.2. The van der Waals surface area contributed by atoms with Crippen molar-refractivity contribution in [1.29, 1.82) is 0 Å². The number of thiol groups is 1. The van der Waals surface area contributed by atoms with E-state index >= 15 is 0 Å². The summed E-state index contributed by atoms with van der Waals surface area (Å²) < 4.78 is 10.9. The highest BCUT2D eigenvalue weighted by Crippen LogP contribution is 2.24. The van der Waals surface area contributed by atoms with Crippen LogP contribution >= 0.6 is 12.6 Å². The Morgan fingerprint density at radius 3 is 2.94 bits per heavy atom. The molecule has 0 aliphatic carbocycles. The average molecular weight is 251 g/mol. The van der Waals surface area contributed by atoms with Crippen molar-refractivity contribution in [1.82, 2.24) is 5.16 Å². The molecule has 0 unspecified atom stereocenters. The molecule has 0 spiro atoms. The molecule has 92 valence electrons. The minimum Gasteiger partial charge on any atom is -0.493 e. The zero-order chi connectivity index (χ0) is 12.3. The predicted octanol–water partition coefficient (Wildman–Crippen LogP) is 3.33. The molecular weight excluding hydrogens is 234 g/mol. The Labute approximate surface area is 107 Å². The summed E-state index contributed by atoms with van der Waals surface area (Å²) >= 11 is 4.21. The van der Waals surface area contributed by atoms with Crippen LogP contribution in [0.1, 0.15) is 19.5 Å². The number of aryl methyl sites for hydroxylation is 1. The van der Waals surface area contributed by atoms with Gasteiger partial charge < -0.3 is 9.26 Å². The number of hydrogen-bond acceptors (Lipinski definition) is 4. The second-order valence-electron chi connectivity index (χ2n) is 4.47. The third kappa shape index (κ3) is 2.94. The Bertz CT molecular complexity index is 493. The third-order valence-electron chi connectivity index (χ3n) is 2.45. The lowest BCUT2D eigenvalue weighted by Crippen LogP contribution is -2.04. The molecule has 0 amide bonds. The molecule has 1 aromatic heterocycles. The molecule has 4 heteroatoms. The molecule has 0 aliphatic heterocycles. The van der Waals surface area contributed by atoms with Gasteiger partial charge in [-0.2, -0.15) is 12.6 Å². The maximum absolute atomic E-state index is 5.69. The zero-order valence-electron chi connectivity index (χ0n) is 10.1. The molecule has 1 aromatic carbocycles. The number of nitrogens with zero attached hydrogens (tertiary/aromatic N) is 1. The van der Waals surface area contributed by atoms with E-state index < -0.39 is 0 Å². The van der Waals surface area contributed by atoms with Crippen molar-refractivity contribution in [3.63, 3.8) is 0 Å². The van der Waals surface area contributed by atoms with Crippen LogP contribution in [-0.2, 0) is 6.42 Å². The normalized spacial score (nSPS) is 11.3. The molecule has 0 fully saturated rings. The highest BCUT2D eigenvalue weighted by atomic mass is 32.1. The second-order valence-corrected chi connectivity index (χ2v) is 4.91. The largest absolute Gasteiger partial charge is 0.493 e. The van der Waals surface area contributed by atoms with Crippen molar-refractivity contribution in [2.45, 2.75) is 20.3 Å². The van der Waals surface area contributed by atoms with Gasteiger partial charge in [0.05, 0.1) is 12.3 Å². The molecule has 2 aromatic rings. The molecule has 2 rings (SSSR count). The first-order valence-corrected chi connectivity index (χ1v) is 6.46. The molecule has 0 saturated heterocycles. The maximum Gasteiger partial charge on any atom is 0.167 e. The minimum absolute atomic E-state index is 0.519. The molecule has 0 N–H and O–H groups in total. The Morgan fingerprint density at radius 2 is 2.24 bits per heavy atom. The van der Waals surface area contributed by atoms with Crippen molar-refractivity contribution in [2.24, 2.45) is 5.92 Å². The van der Waals surface area contributed by atoms with E-state index in [1.54, 1.807) is 0 Å². The first-order chi connectivity index (χ1) is 8.20. The van der Waals surface area contributed by atoms with Gasteiger partial charge in [0.25, 0.3) is 0 Å². The fourth-order valence-electron chi connectivity index (χ4n) is 1.61. The SMILES string of the molecule is CC(C)COc1ccc2onc(CCS)c2c1. The molecule has 0 saturated carbocycles. The van der Waals surface area contributed by atoms with Gasteiger partial charge in [-0.05, 0) is 29.9 Å². The van der Waals surface area contributed by atoms with Crippen LogP contribution in [0.2, 0.25) is 0 Å². The molecule has 17 heavy (non-hydrogen) atoms. The lowest BCUT2D eigenvalue weighted by Gasteiger charge is -2.08. The maximum atomic E-state index is 5.69. The van der Waals surface area contributed by atoms with E-state index in [4.69, 9.17) is 9.26 Å². The van der Waals surface area contributed by atoms with E-state index in [2.05, 4.69) is 31.6 Å². The van der Waals surface area contributed by atoms with Gasteiger partial charge in [-0.1, -0.05) is 19.0 Å². The summed E-state index contributed by atoms with van der Waals surface area (Å²) in [6, 6.07) is 5.81. The van der Waals surface area contributed by atoms with Crippen LogP contribution in [0.4, 0.5) is 0 Å². The summed E-state index contributed by atoms with van der Waals surface area (Å²) in [7, 11) is 0. The average Bonchev–Trinajstić information content (AvgIpc) is 2.70. The third-order valence-corrected chi connectivity index (χ3v) is 2.67. The summed E-state index contributed by atoms with van der Waals surface area (Å²) in [5, 5.41) is 5.07. The summed E-state index contributed by atoms with van der Waals surface area (Å²) in [6.45, 7) is 4.98. The van der Waals surface area contributed by atoms with Gasteiger partial charge in [-0.25, -0.2) is 0 Å². The van der Waals surface area contributed by atoms with Crippen LogP contribution in [-0.4, -0.2) is 17.5 Å². The van der Waals surface area contributed by atoms with Crippen LogP contribution in [0.3, 0.4) is 0 Å². The van der Waals surface area contributed by atoms with Crippen LogP contribution in [0, 0.1) is 5.92 Å². The number of benzene rings is 1. The predicted molar refractivity (Wildman–Crippen MR) is 71.9 cm³/mol. The van der Waals surface area contributed by atoms with Gasteiger partial charge in [0.2, 0.25) is 0 Å². The van der Waals surface area contributed by atoms with E-state index in [0.29, 0.717) is 5.92 Å². The van der Waals surface area contributed by atoms with Gasteiger partial charge in [0, 0.05) is 11.8 Å². The van der Waals surface area contributed by atoms with E-state index in [9.17, 15) is 0 Å². The summed E-state index contributed by atoms with van der Waals surface area (Å²) in [5.41, 5.74) is 1.75. The topological polar surface area (TPSA) is 35.3 Å². The van der Waals surface area contributed by atoms with Crippen LogP contribution in [0.25, 0.3) is 11.0 Å². The molecule has 1 heterocycles. The van der Waals surface area contributed by atoms with Crippen LogP contribution in [0.15, 0.2) is 22.7 Å². The van der Waals surface area contributed by atoms with Gasteiger partial charge in [0.15, 0.2) is 5.58 Å². The fourth-order valence-corrected chi connectivity index (χ4v) is 1.82. The minimum atomic E-state index is 0.519. The van der Waals surface area contributed by atoms with Crippen LogP contribution in [0.5, 0.6) is 5.75 Å². The molecule has 0 bridgehead atoms. The summed E-state index contributed by atoms with van der Waals surface area (Å²) in [6.07, 6.45) is 0.809.